The lowest BCUT2D eigenvalue weighted by molar-refractivity contribution is -0.145. The zero-order valence-corrected chi connectivity index (χ0v) is 23.4. The van der Waals surface area contributed by atoms with Crippen LogP contribution in [-0.2, 0) is 13.9 Å². The van der Waals surface area contributed by atoms with Gasteiger partial charge in [0, 0.05) is 3.58 Å². The summed E-state index contributed by atoms with van der Waals surface area (Å²) in [6, 6.07) is 21.5. The number of ether oxygens (including phenoxy) is 2. The van der Waals surface area contributed by atoms with Crippen molar-refractivity contribution in [3.8, 4) is 0 Å². The normalized spacial score (nSPS) is 21.7. The zero-order chi connectivity index (χ0) is 23.4. The standard InChI is InChI=1S/C27H37IO3Si/c1-7-8-19-23(28)25-24(30-27(5,6)31-25)20-29-32(26(2,3)4,21-15-11-9-12-16-21)22-17-13-10-14-18-22/h9-19,24-25H,7-8,20H2,1-6H3/b23-19-/t24-,25+/m1/s1. The monoisotopic (exact) mass is 564 g/mol. The third kappa shape index (κ3) is 5.55. The number of rotatable bonds is 8. The molecule has 1 fully saturated rings. The molecule has 2 atom stereocenters. The molecule has 1 aliphatic rings. The second-order valence-electron chi connectivity index (χ2n) is 9.95. The molecule has 174 valence electrons. The van der Waals surface area contributed by atoms with Gasteiger partial charge in [0.2, 0.25) is 0 Å². The first-order valence-corrected chi connectivity index (χ1v) is 14.6. The van der Waals surface area contributed by atoms with Crippen molar-refractivity contribution in [2.75, 3.05) is 6.61 Å². The van der Waals surface area contributed by atoms with Crippen molar-refractivity contribution >= 4 is 41.3 Å². The van der Waals surface area contributed by atoms with Gasteiger partial charge in [-0.3, -0.25) is 0 Å². The highest BCUT2D eigenvalue weighted by atomic mass is 127. The van der Waals surface area contributed by atoms with E-state index in [1.54, 1.807) is 0 Å². The maximum Gasteiger partial charge on any atom is 0.261 e. The highest BCUT2D eigenvalue weighted by Gasteiger charge is 2.52. The number of halogens is 1. The van der Waals surface area contributed by atoms with E-state index in [1.165, 1.54) is 14.0 Å². The van der Waals surface area contributed by atoms with Crippen molar-refractivity contribution in [2.24, 2.45) is 0 Å². The van der Waals surface area contributed by atoms with E-state index < -0.39 is 14.1 Å². The van der Waals surface area contributed by atoms with Crippen LogP contribution in [-0.4, -0.2) is 32.9 Å². The molecule has 2 aromatic rings. The summed E-state index contributed by atoms with van der Waals surface area (Å²) in [4.78, 5) is 0. The minimum absolute atomic E-state index is 0.0641. The van der Waals surface area contributed by atoms with Crippen LogP contribution < -0.4 is 10.4 Å². The van der Waals surface area contributed by atoms with Crippen LogP contribution in [0.15, 0.2) is 70.3 Å². The minimum Gasteiger partial charge on any atom is -0.405 e. The fraction of sp³-hybridized carbons (Fsp3) is 0.481. The molecule has 0 amide bonds. The maximum atomic E-state index is 7.13. The van der Waals surface area contributed by atoms with E-state index in [4.69, 9.17) is 13.9 Å². The van der Waals surface area contributed by atoms with Crippen molar-refractivity contribution in [3.63, 3.8) is 0 Å². The van der Waals surface area contributed by atoms with E-state index in [9.17, 15) is 0 Å². The molecule has 0 aromatic heterocycles. The second kappa shape index (κ2) is 10.5. The van der Waals surface area contributed by atoms with E-state index in [2.05, 4.69) is 117 Å². The number of benzene rings is 2. The largest absolute Gasteiger partial charge is 0.405 e. The topological polar surface area (TPSA) is 27.7 Å². The van der Waals surface area contributed by atoms with Crippen LogP contribution in [0.3, 0.4) is 0 Å². The first-order valence-electron chi connectivity index (χ1n) is 11.6. The van der Waals surface area contributed by atoms with Crippen LogP contribution in [0.25, 0.3) is 0 Å². The van der Waals surface area contributed by atoms with Gasteiger partial charge < -0.3 is 13.9 Å². The molecule has 0 spiro atoms. The van der Waals surface area contributed by atoms with Crippen molar-refractivity contribution in [1.29, 1.82) is 0 Å². The molecule has 32 heavy (non-hydrogen) atoms. The fourth-order valence-corrected chi connectivity index (χ4v) is 9.97. The molecule has 0 radical (unpaired) electrons. The molecule has 1 heterocycles. The summed E-state index contributed by atoms with van der Waals surface area (Å²) in [6.45, 7) is 13.6. The van der Waals surface area contributed by atoms with Gasteiger partial charge in [-0.25, -0.2) is 0 Å². The van der Waals surface area contributed by atoms with Crippen LogP contribution in [0, 0.1) is 0 Å². The van der Waals surface area contributed by atoms with Crippen LogP contribution in [0.4, 0.5) is 0 Å². The van der Waals surface area contributed by atoms with Crippen LogP contribution >= 0.6 is 22.6 Å². The molecule has 2 aromatic carbocycles. The third-order valence-electron chi connectivity index (χ3n) is 5.96. The molecular formula is C27H37IO3Si. The number of unbranched alkanes of at least 4 members (excludes halogenated alkanes) is 1. The van der Waals surface area contributed by atoms with E-state index in [0.29, 0.717) is 6.61 Å². The molecular weight excluding hydrogens is 527 g/mol. The van der Waals surface area contributed by atoms with Crippen LogP contribution in [0.5, 0.6) is 0 Å². The minimum atomic E-state index is -2.61. The Morgan fingerprint density at radius 2 is 1.53 bits per heavy atom. The Hall–Kier alpha value is -0.993. The Balaban J connectivity index is 2.00. The number of hydrogen-bond donors (Lipinski definition) is 0. The maximum absolute atomic E-state index is 7.13. The smallest absolute Gasteiger partial charge is 0.261 e. The molecule has 1 aliphatic heterocycles. The molecule has 0 bridgehead atoms. The lowest BCUT2D eigenvalue weighted by Crippen LogP contribution is -2.67. The van der Waals surface area contributed by atoms with Gasteiger partial charge in [0.25, 0.3) is 8.32 Å². The average Bonchev–Trinajstić information content (AvgIpc) is 3.07. The summed E-state index contributed by atoms with van der Waals surface area (Å²) >= 11 is 2.41. The first kappa shape index (κ1) is 25.6. The number of allylic oxidation sites excluding steroid dienone is 1. The van der Waals surface area contributed by atoms with Gasteiger partial charge in [-0.1, -0.05) is 101 Å². The van der Waals surface area contributed by atoms with E-state index in [-0.39, 0.29) is 17.2 Å². The number of hydrogen-bond acceptors (Lipinski definition) is 3. The van der Waals surface area contributed by atoms with E-state index >= 15 is 0 Å². The van der Waals surface area contributed by atoms with Gasteiger partial charge in [0.15, 0.2) is 5.79 Å². The SMILES string of the molecule is CCC/C=C(\I)[C@@H]1OC(C)(C)O[C@@H]1CO[Si](c1ccccc1)(c1ccccc1)C(C)(C)C. The summed E-state index contributed by atoms with van der Waals surface area (Å²) in [5.74, 6) is -0.624. The summed E-state index contributed by atoms with van der Waals surface area (Å²) in [5, 5.41) is 2.50. The molecule has 0 saturated carbocycles. The summed E-state index contributed by atoms with van der Waals surface area (Å²) in [6.07, 6.45) is 4.18. The predicted octanol–water partition coefficient (Wildman–Crippen LogP) is 6.20. The van der Waals surface area contributed by atoms with Gasteiger partial charge in [-0.2, -0.15) is 0 Å². The Morgan fingerprint density at radius 1 is 1.00 bits per heavy atom. The van der Waals surface area contributed by atoms with Gasteiger partial charge in [0.05, 0.1) is 6.61 Å². The van der Waals surface area contributed by atoms with E-state index in [0.717, 1.165) is 12.8 Å². The lowest BCUT2D eigenvalue weighted by Gasteiger charge is -2.43. The van der Waals surface area contributed by atoms with E-state index in [1.807, 2.05) is 13.8 Å². The second-order valence-corrected chi connectivity index (χ2v) is 15.5. The van der Waals surface area contributed by atoms with Crippen molar-refractivity contribution in [3.05, 3.63) is 70.3 Å². The summed E-state index contributed by atoms with van der Waals surface area (Å²) in [5.41, 5.74) is 0. The van der Waals surface area contributed by atoms with Crippen molar-refractivity contribution in [2.45, 2.75) is 77.4 Å². The lowest BCUT2D eigenvalue weighted by atomic mass is 10.2. The Bertz CT molecular complexity index is 851. The van der Waals surface area contributed by atoms with Gasteiger partial charge >= 0.3 is 0 Å². The molecule has 1 saturated heterocycles. The fourth-order valence-electron chi connectivity index (χ4n) is 4.56. The molecule has 0 N–H and O–H groups in total. The zero-order valence-electron chi connectivity index (χ0n) is 20.2. The Labute approximate surface area is 208 Å². The van der Waals surface area contributed by atoms with Gasteiger partial charge in [-0.15, -0.1) is 0 Å². The molecule has 3 nitrogen and oxygen atoms in total. The summed E-state index contributed by atoms with van der Waals surface area (Å²) < 4.78 is 21.0. The third-order valence-corrected chi connectivity index (χ3v) is 12.0. The predicted molar refractivity (Wildman–Crippen MR) is 144 cm³/mol. The van der Waals surface area contributed by atoms with Crippen molar-refractivity contribution in [1.82, 2.24) is 0 Å². The van der Waals surface area contributed by atoms with Gasteiger partial charge in [-0.05, 0) is 58.3 Å². The first-order chi connectivity index (χ1) is 15.1. The summed E-state index contributed by atoms with van der Waals surface area (Å²) in [7, 11) is -2.61. The Morgan fingerprint density at radius 3 is 2.00 bits per heavy atom. The Kier molecular flexibility index (Phi) is 8.42. The van der Waals surface area contributed by atoms with Crippen LogP contribution in [0.1, 0.15) is 54.4 Å². The highest BCUT2D eigenvalue weighted by Crippen LogP contribution is 2.39. The van der Waals surface area contributed by atoms with Crippen molar-refractivity contribution < 1.29 is 13.9 Å². The molecule has 3 rings (SSSR count). The molecule has 0 aliphatic carbocycles. The quantitative estimate of drug-likeness (QED) is 0.282. The van der Waals surface area contributed by atoms with Gasteiger partial charge in [0.1, 0.15) is 12.2 Å². The van der Waals surface area contributed by atoms with Crippen LogP contribution in [0.2, 0.25) is 5.04 Å². The molecule has 0 unspecified atom stereocenters. The average molecular weight is 565 g/mol. The molecule has 5 heteroatoms. The highest BCUT2D eigenvalue weighted by molar-refractivity contribution is 14.1.